The van der Waals surface area contributed by atoms with E-state index in [1.165, 1.54) is 12.1 Å². The van der Waals surface area contributed by atoms with Gasteiger partial charge in [-0.15, -0.1) is 0 Å². The van der Waals surface area contributed by atoms with Crippen molar-refractivity contribution in [3.05, 3.63) is 59.7 Å². The maximum atomic E-state index is 12.5. The van der Waals surface area contributed by atoms with E-state index in [4.69, 9.17) is 12.2 Å². The fourth-order valence-corrected chi connectivity index (χ4v) is 2.36. The molecule has 0 aliphatic carbocycles. The van der Waals surface area contributed by atoms with Crippen LogP contribution in [-0.2, 0) is 6.18 Å². The Bertz CT molecular complexity index is 773. The molecular formula is C17H17BF3N3S. The topological polar surface area (TPSA) is 36.4 Å². The third-order valence-corrected chi connectivity index (χ3v) is 3.64. The van der Waals surface area contributed by atoms with E-state index in [1.54, 1.807) is 0 Å². The Morgan fingerprint density at radius 3 is 2.40 bits per heavy atom. The number of hydrazone groups is 1. The molecule has 0 atom stereocenters. The lowest BCUT2D eigenvalue weighted by Crippen LogP contribution is -2.25. The summed E-state index contributed by atoms with van der Waals surface area (Å²) in [5, 5.41) is 7.30. The fourth-order valence-electron chi connectivity index (χ4n) is 2.19. The van der Waals surface area contributed by atoms with Crippen molar-refractivity contribution in [1.82, 2.24) is 5.43 Å². The van der Waals surface area contributed by atoms with Crippen molar-refractivity contribution in [3.63, 3.8) is 0 Å². The number of nitrogens with zero attached hydrogens (tertiary/aromatic N) is 1. The van der Waals surface area contributed by atoms with Crippen LogP contribution < -0.4 is 16.2 Å². The maximum absolute atomic E-state index is 12.5. The molecule has 2 N–H and O–H groups in total. The number of benzene rings is 2. The molecule has 2 aromatic rings. The Morgan fingerprint density at radius 2 is 1.84 bits per heavy atom. The Hall–Kier alpha value is -2.35. The molecular weight excluding hydrogens is 346 g/mol. The summed E-state index contributed by atoms with van der Waals surface area (Å²) in [6.45, 7) is 1.98. The van der Waals surface area contributed by atoms with E-state index in [2.05, 4.69) is 15.8 Å². The quantitative estimate of drug-likeness (QED) is 0.379. The minimum Gasteiger partial charge on any atom is -0.331 e. The minimum atomic E-state index is -4.36. The summed E-state index contributed by atoms with van der Waals surface area (Å²) < 4.78 is 37.6. The SMILES string of the molecule is Bc1cccc(/C(CC)=N/NC(=S)Nc2ccc(C(F)(F)F)cc2)c1. The van der Waals surface area contributed by atoms with Crippen molar-refractivity contribution < 1.29 is 13.2 Å². The van der Waals surface area contributed by atoms with Crippen molar-refractivity contribution in [2.24, 2.45) is 5.10 Å². The highest BCUT2D eigenvalue weighted by atomic mass is 32.1. The van der Waals surface area contributed by atoms with Crippen LogP contribution in [0.1, 0.15) is 24.5 Å². The zero-order valence-electron chi connectivity index (χ0n) is 13.8. The number of thiocarbonyl (C=S) groups is 1. The van der Waals surface area contributed by atoms with Gasteiger partial charge in [0, 0.05) is 5.69 Å². The van der Waals surface area contributed by atoms with Crippen molar-refractivity contribution in [3.8, 4) is 0 Å². The summed E-state index contributed by atoms with van der Waals surface area (Å²) in [6.07, 6.45) is -3.65. The highest BCUT2D eigenvalue weighted by Crippen LogP contribution is 2.29. The van der Waals surface area contributed by atoms with Gasteiger partial charge >= 0.3 is 6.18 Å². The van der Waals surface area contributed by atoms with Gasteiger partial charge in [-0.3, -0.25) is 5.43 Å². The molecule has 0 saturated carbocycles. The van der Waals surface area contributed by atoms with Gasteiger partial charge in [0.05, 0.1) is 11.3 Å². The maximum Gasteiger partial charge on any atom is 0.416 e. The van der Waals surface area contributed by atoms with Crippen LogP contribution in [0, 0.1) is 0 Å². The molecule has 0 fully saturated rings. The van der Waals surface area contributed by atoms with Crippen molar-refractivity contribution in [2.45, 2.75) is 19.5 Å². The van der Waals surface area contributed by atoms with E-state index >= 15 is 0 Å². The minimum absolute atomic E-state index is 0.207. The first-order valence-corrected chi connectivity index (χ1v) is 8.08. The van der Waals surface area contributed by atoms with Crippen LogP contribution in [0.25, 0.3) is 0 Å². The molecule has 0 saturated heterocycles. The van der Waals surface area contributed by atoms with Gasteiger partial charge < -0.3 is 5.32 Å². The average molecular weight is 363 g/mol. The Labute approximate surface area is 150 Å². The molecule has 130 valence electrons. The summed E-state index contributed by atoms with van der Waals surface area (Å²) in [6, 6.07) is 12.6. The molecule has 2 rings (SSSR count). The molecule has 8 heteroatoms. The molecule has 0 aliphatic rings. The lowest BCUT2D eigenvalue weighted by molar-refractivity contribution is -0.137. The van der Waals surface area contributed by atoms with Gasteiger partial charge in [0.2, 0.25) is 0 Å². The molecule has 0 aliphatic heterocycles. The first-order chi connectivity index (χ1) is 11.8. The Balaban J connectivity index is 2.01. The van der Waals surface area contributed by atoms with E-state index in [0.717, 1.165) is 28.9 Å². The van der Waals surface area contributed by atoms with Crippen molar-refractivity contribution >= 4 is 42.0 Å². The number of nitrogens with one attached hydrogen (secondary N) is 2. The fraction of sp³-hybridized carbons (Fsp3) is 0.176. The van der Waals surface area contributed by atoms with Crippen LogP contribution in [0.3, 0.4) is 0 Å². The molecule has 0 unspecified atom stereocenters. The van der Waals surface area contributed by atoms with Crippen LogP contribution in [0.2, 0.25) is 0 Å². The number of hydrogen-bond acceptors (Lipinski definition) is 2. The van der Waals surface area contributed by atoms with Gasteiger partial charge in [-0.05, 0) is 48.5 Å². The van der Waals surface area contributed by atoms with E-state index in [1.807, 2.05) is 39.0 Å². The smallest absolute Gasteiger partial charge is 0.331 e. The number of alkyl halides is 3. The van der Waals surface area contributed by atoms with Crippen LogP contribution in [-0.4, -0.2) is 18.7 Å². The summed E-state index contributed by atoms with van der Waals surface area (Å²) >= 11 is 5.13. The van der Waals surface area contributed by atoms with E-state index < -0.39 is 11.7 Å². The summed E-state index contributed by atoms with van der Waals surface area (Å²) in [4.78, 5) is 0. The lowest BCUT2D eigenvalue weighted by atomic mass is 9.93. The Morgan fingerprint density at radius 1 is 1.16 bits per heavy atom. The molecule has 0 radical (unpaired) electrons. The van der Waals surface area contributed by atoms with Crippen LogP contribution in [0.15, 0.2) is 53.6 Å². The number of halogens is 3. The summed E-state index contributed by atoms with van der Waals surface area (Å²) in [5.74, 6) is 0. The first-order valence-electron chi connectivity index (χ1n) is 7.67. The van der Waals surface area contributed by atoms with Gasteiger partial charge in [-0.1, -0.05) is 36.7 Å². The number of rotatable bonds is 4. The van der Waals surface area contributed by atoms with E-state index in [-0.39, 0.29) is 5.11 Å². The lowest BCUT2D eigenvalue weighted by Gasteiger charge is -2.11. The van der Waals surface area contributed by atoms with Gasteiger partial charge in [0.25, 0.3) is 0 Å². The zero-order chi connectivity index (χ0) is 18.4. The molecule has 0 spiro atoms. The van der Waals surface area contributed by atoms with Crippen LogP contribution in [0.5, 0.6) is 0 Å². The molecule has 2 aromatic carbocycles. The second-order valence-corrected chi connectivity index (χ2v) is 5.83. The van der Waals surface area contributed by atoms with Gasteiger partial charge in [0.15, 0.2) is 5.11 Å². The molecule has 0 bridgehead atoms. The highest BCUT2D eigenvalue weighted by molar-refractivity contribution is 7.80. The van der Waals surface area contributed by atoms with Crippen LogP contribution in [0.4, 0.5) is 18.9 Å². The van der Waals surface area contributed by atoms with Crippen molar-refractivity contribution in [2.75, 3.05) is 5.32 Å². The third kappa shape index (κ3) is 5.60. The first kappa shape index (κ1) is 19.0. The van der Waals surface area contributed by atoms with Gasteiger partial charge in [-0.2, -0.15) is 18.3 Å². The second kappa shape index (κ2) is 8.16. The Kier molecular flexibility index (Phi) is 6.19. The molecule has 0 heterocycles. The largest absolute Gasteiger partial charge is 0.416 e. The predicted octanol–water partition coefficient (Wildman–Crippen LogP) is 3.06. The highest BCUT2D eigenvalue weighted by Gasteiger charge is 2.29. The monoisotopic (exact) mass is 363 g/mol. The molecule has 3 nitrogen and oxygen atoms in total. The van der Waals surface area contributed by atoms with Crippen molar-refractivity contribution in [1.29, 1.82) is 0 Å². The van der Waals surface area contributed by atoms with Crippen LogP contribution >= 0.6 is 12.2 Å². The summed E-state index contributed by atoms with van der Waals surface area (Å²) in [5.41, 5.74) is 5.43. The number of hydrogen-bond donors (Lipinski definition) is 2. The number of anilines is 1. The summed E-state index contributed by atoms with van der Waals surface area (Å²) in [7, 11) is 2.00. The molecule has 0 amide bonds. The zero-order valence-corrected chi connectivity index (χ0v) is 14.6. The van der Waals surface area contributed by atoms with Gasteiger partial charge in [-0.25, -0.2) is 0 Å². The average Bonchev–Trinajstić information content (AvgIpc) is 2.55. The third-order valence-electron chi connectivity index (χ3n) is 3.45. The molecule has 0 aromatic heterocycles. The van der Waals surface area contributed by atoms with Gasteiger partial charge in [0.1, 0.15) is 7.85 Å². The second-order valence-electron chi connectivity index (χ2n) is 5.42. The molecule has 25 heavy (non-hydrogen) atoms. The standard InChI is InChI=1S/C17H17BF3N3S/c1-2-15(11-4-3-5-13(18)10-11)23-24-16(25)22-14-8-6-12(7-9-14)17(19,20)21/h3-10H,2,18H2,1H3,(H2,22,24,25)/b23-15+. The predicted molar refractivity (Wildman–Crippen MR) is 102 cm³/mol. The normalized spacial score (nSPS) is 11.9. The van der Waals surface area contributed by atoms with E-state index in [9.17, 15) is 13.2 Å². The van der Waals surface area contributed by atoms with E-state index in [0.29, 0.717) is 12.1 Å².